The summed E-state index contributed by atoms with van der Waals surface area (Å²) >= 11 is 5.92. The van der Waals surface area contributed by atoms with Gasteiger partial charge in [0.25, 0.3) is 5.91 Å². The van der Waals surface area contributed by atoms with Crippen molar-refractivity contribution in [2.75, 3.05) is 23.4 Å². The van der Waals surface area contributed by atoms with Gasteiger partial charge in [0.2, 0.25) is 5.91 Å². The van der Waals surface area contributed by atoms with Crippen LogP contribution in [0.15, 0.2) is 48.5 Å². The van der Waals surface area contributed by atoms with E-state index in [9.17, 15) is 27.6 Å². The largest absolute Gasteiger partial charge is 0.455 e. The molecule has 0 unspecified atom stereocenters. The number of halogens is 4. The van der Waals surface area contributed by atoms with Crippen LogP contribution in [0.25, 0.3) is 0 Å². The van der Waals surface area contributed by atoms with Crippen molar-refractivity contribution in [2.45, 2.75) is 12.6 Å². The number of ether oxygens (including phenoxy) is 1. The molecule has 158 valence electrons. The van der Waals surface area contributed by atoms with E-state index in [1.54, 1.807) is 24.3 Å². The third-order valence-electron chi connectivity index (χ3n) is 4.43. The second-order valence-corrected chi connectivity index (χ2v) is 7.02. The molecule has 1 heterocycles. The number of nitrogens with zero attached hydrogens (tertiary/aromatic N) is 1. The predicted octanol–water partition coefficient (Wildman–Crippen LogP) is 3.89. The molecule has 2 aromatic rings. The van der Waals surface area contributed by atoms with Gasteiger partial charge in [-0.1, -0.05) is 29.8 Å². The van der Waals surface area contributed by atoms with Crippen molar-refractivity contribution in [3.05, 3.63) is 59.1 Å². The Bertz CT molecular complexity index is 981. The van der Waals surface area contributed by atoms with Crippen LogP contribution < -0.4 is 10.2 Å². The standard InChI is InChI=1S/C20H16ClF3N2O4/c21-13-4-3-5-14(9-13)26-10-12(8-18(26)28)19(29)30-11-17(27)25-16-7-2-1-6-15(16)20(22,23)24/h1-7,9,12H,8,10-11H2,(H,25,27)/t12-/m0/s1. The van der Waals surface area contributed by atoms with Crippen molar-refractivity contribution in [1.29, 1.82) is 0 Å². The first-order valence-electron chi connectivity index (χ1n) is 8.84. The second kappa shape index (κ2) is 8.74. The molecule has 1 atom stereocenters. The van der Waals surface area contributed by atoms with Crippen LogP contribution in [0.3, 0.4) is 0 Å². The third kappa shape index (κ3) is 5.10. The summed E-state index contributed by atoms with van der Waals surface area (Å²) in [6, 6.07) is 11.0. The normalized spacial score (nSPS) is 16.5. The Hall–Kier alpha value is -3.07. The fourth-order valence-electron chi connectivity index (χ4n) is 3.04. The summed E-state index contributed by atoms with van der Waals surface area (Å²) < 4.78 is 43.8. The average molecular weight is 441 g/mol. The van der Waals surface area contributed by atoms with Crippen LogP contribution in [0.5, 0.6) is 0 Å². The summed E-state index contributed by atoms with van der Waals surface area (Å²) in [5.74, 6) is -2.81. The molecule has 1 N–H and O–H groups in total. The van der Waals surface area contributed by atoms with Crippen LogP contribution in [0, 0.1) is 5.92 Å². The van der Waals surface area contributed by atoms with Gasteiger partial charge in [-0.2, -0.15) is 13.2 Å². The number of nitrogens with one attached hydrogen (secondary N) is 1. The third-order valence-corrected chi connectivity index (χ3v) is 4.67. The Kier molecular flexibility index (Phi) is 6.31. The first-order chi connectivity index (χ1) is 14.1. The van der Waals surface area contributed by atoms with Gasteiger partial charge in [0, 0.05) is 23.7 Å². The van der Waals surface area contributed by atoms with Gasteiger partial charge in [0.05, 0.1) is 17.2 Å². The van der Waals surface area contributed by atoms with Gasteiger partial charge in [0.15, 0.2) is 6.61 Å². The van der Waals surface area contributed by atoms with Gasteiger partial charge >= 0.3 is 12.1 Å². The molecule has 6 nitrogen and oxygen atoms in total. The molecule has 1 aliphatic heterocycles. The summed E-state index contributed by atoms with van der Waals surface area (Å²) in [7, 11) is 0. The number of esters is 1. The maximum absolute atomic E-state index is 13.0. The number of hydrogen-bond donors (Lipinski definition) is 1. The van der Waals surface area contributed by atoms with Crippen LogP contribution in [-0.4, -0.2) is 30.9 Å². The Balaban J connectivity index is 1.56. The molecule has 1 fully saturated rings. The van der Waals surface area contributed by atoms with E-state index in [1.807, 2.05) is 0 Å². The van der Waals surface area contributed by atoms with E-state index in [4.69, 9.17) is 16.3 Å². The van der Waals surface area contributed by atoms with Crippen molar-refractivity contribution in [2.24, 2.45) is 5.92 Å². The number of carbonyl (C=O) groups excluding carboxylic acids is 3. The van der Waals surface area contributed by atoms with E-state index in [2.05, 4.69) is 5.32 Å². The lowest BCUT2D eigenvalue weighted by molar-refractivity contribution is -0.151. The molecule has 3 rings (SSSR count). The topological polar surface area (TPSA) is 75.7 Å². The average Bonchev–Trinajstić information content (AvgIpc) is 3.07. The van der Waals surface area contributed by atoms with Gasteiger partial charge in [0.1, 0.15) is 0 Å². The van der Waals surface area contributed by atoms with E-state index >= 15 is 0 Å². The van der Waals surface area contributed by atoms with Gasteiger partial charge in [-0.3, -0.25) is 14.4 Å². The smallest absolute Gasteiger partial charge is 0.418 e. The lowest BCUT2D eigenvalue weighted by atomic mass is 10.1. The molecule has 2 amide bonds. The van der Waals surface area contributed by atoms with Crippen molar-refractivity contribution in [3.63, 3.8) is 0 Å². The zero-order chi connectivity index (χ0) is 21.9. The lowest BCUT2D eigenvalue weighted by Crippen LogP contribution is -2.28. The molecular formula is C20H16ClF3N2O4. The number of alkyl halides is 3. The van der Waals surface area contributed by atoms with E-state index in [-0.39, 0.29) is 18.9 Å². The Labute approximate surface area is 174 Å². The van der Waals surface area contributed by atoms with E-state index in [0.717, 1.165) is 12.1 Å². The highest BCUT2D eigenvalue weighted by molar-refractivity contribution is 6.31. The maximum atomic E-state index is 13.0. The molecule has 0 bridgehead atoms. The van der Waals surface area contributed by atoms with Crippen molar-refractivity contribution in [3.8, 4) is 0 Å². The molecule has 0 radical (unpaired) electrons. The summed E-state index contributed by atoms with van der Waals surface area (Å²) in [6.45, 7) is -0.719. The summed E-state index contributed by atoms with van der Waals surface area (Å²) in [6.07, 6.45) is -4.75. The molecule has 0 spiro atoms. The molecule has 0 aliphatic carbocycles. The van der Waals surface area contributed by atoms with Crippen molar-refractivity contribution < 1.29 is 32.3 Å². The number of amides is 2. The van der Waals surface area contributed by atoms with Crippen LogP contribution >= 0.6 is 11.6 Å². The first kappa shape index (κ1) is 21.6. The van der Waals surface area contributed by atoms with Crippen LogP contribution in [0.4, 0.5) is 24.5 Å². The minimum absolute atomic E-state index is 0.0521. The van der Waals surface area contributed by atoms with Crippen LogP contribution in [0.2, 0.25) is 5.02 Å². The van der Waals surface area contributed by atoms with Crippen LogP contribution in [0.1, 0.15) is 12.0 Å². The Morgan fingerprint density at radius 1 is 1.17 bits per heavy atom. The van der Waals surface area contributed by atoms with Crippen molar-refractivity contribution >= 4 is 40.8 Å². The van der Waals surface area contributed by atoms with Gasteiger partial charge in [-0.15, -0.1) is 0 Å². The van der Waals surface area contributed by atoms with Crippen LogP contribution in [-0.2, 0) is 25.3 Å². The second-order valence-electron chi connectivity index (χ2n) is 6.58. The van der Waals surface area contributed by atoms with E-state index in [0.29, 0.717) is 10.7 Å². The quantitative estimate of drug-likeness (QED) is 0.716. The molecule has 2 aromatic carbocycles. The minimum atomic E-state index is -4.64. The monoisotopic (exact) mass is 440 g/mol. The number of anilines is 2. The van der Waals surface area contributed by atoms with E-state index < -0.39 is 41.8 Å². The SMILES string of the molecule is O=C(COC(=O)[C@H]1CC(=O)N(c2cccc(Cl)c2)C1)Nc1ccccc1C(F)(F)F. The summed E-state index contributed by atoms with van der Waals surface area (Å²) in [4.78, 5) is 37.8. The van der Waals surface area contributed by atoms with Gasteiger partial charge in [-0.05, 0) is 30.3 Å². The number of carbonyl (C=O) groups is 3. The van der Waals surface area contributed by atoms with Crippen molar-refractivity contribution in [1.82, 2.24) is 0 Å². The Morgan fingerprint density at radius 2 is 1.90 bits per heavy atom. The highest BCUT2D eigenvalue weighted by Crippen LogP contribution is 2.34. The fraction of sp³-hybridized carbons (Fsp3) is 0.250. The minimum Gasteiger partial charge on any atom is -0.455 e. The fourth-order valence-corrected chi connectivity index (χ4v) is 3.22. The summed E-state index contributed by atoms with van der Waals surface area (Å²) in [5.41, 5.74) is -0.915. The Morgan fingerprint density at radius 3 is 2.60 bits per heavy atom. The zero-order valence-electron chi connectivity index (χ0n) is 15.4. The van der Waals surface area contributed by atoms with Gasteiger partial charge in [-0.25, -0.2) is 0 Å². The molecule has 0 saturated carbocycles. The summed E-state index contributed by atoms with van der Waals surface area (Å²) in [5, 5.41) is 2.52. The molecular weight excluding hydrogens is 425 g/mol. The molecule has 10 heteroatoms. The lowest BCUT2D eigenvalue weighted by Gasteiger charge is -2.17. The number of para-hydroxylation sites is 1. The number of hydrogen-bond acceptors (Lipinski definition) is 4. The van der Waals surface area contributed by atoms with Gasteiger partial charge < -0.3 is 15.0 Å². The number of benzene rings is 2. The highest BCUT2D eigenvalue weighted by Gasteiger charge is 2.37. The van der Waals surface area contributed by atoms with E-state index in [1.165, 1.54) is 17.0 Å². The molecule has 30 heavy (non-hydrogen) atoms. The first-order valence-corrected chi connectivity index (χ1v) is 9.21. The maximum Gasteiger partial charge on any atom is 0.418 e. The number of rotatable bonds is 5. The zero-order valence-corrected chi connectivity index (χ0v) is 16.2. The highest BCUT2D eigenvalue weighted by atomic mass is 35.5. The molecule has 1 aliphatic rings. The molecule has 0 aromatic heterocycles. The molecule has 1 saturated heterocycles. The predicted molar refractivity (Wildman–Crippen MR) is 103 cm³/mol.